The summed E-state index contributed by atoms with van der Waals surface area (Å²) in [6, 6.07) is 14.5. The van der Waals surface area contributed by atoms with Gasteiger partial charge >= 0.3 is 0 Å². The number of fused-ring (bicyclic) bond motifs is 1. The summed E-state index contributed by atoms with van der Waals surface area (Å²) in [5.74, 6) is -0.0660. The van der Waals surface area contributed by atoms with Gasteiger partial charge in [0.05, 0.1) is 11.6 Å². The number of rotatable bonds is 6. The number of carbonyl (C=O) groups is 1. The van der Waals surface area contributed by atoms with E-state index in [0.29, 0.717) is 6.54 Å². The van der Waals surface area contributed by atoms with Gasteiger partial charge in [0.15, 0.2) is 0 Å². The van der Waals surface area contributed by atoms with E-state index in [-0.39, 0.29) is 11.9 Å². The van der Waals surface area contributed by atoms with E-state index < -0.39 is 0 Å². The second-order valence-corrected chi connectivity index (χ2v) is 7.75. The lowest BCUT2D eigenvalue weighted by Gasteiger charge is -2.26. The van der Waals surface area contributed by atoms with Crippen molar-refractivity contribution < 1.29 is 4.79 Å². The molecule has 138 valence electrons. The van der Waals surface area contributed by atoms with Crippen molar-refractivity contribution in [1.82, 2.24) is 15.2 Å². The van der Waals surface area contributed by atoms with Crippen molar-refractivity contribution in [2.24, 2.45) is 0 Å². The predicted molar refractivity (Wildman–Crippen MR) is 112 cm³/mol. The van der Waals surface area contributed by atoms with Crippen LogP contribution in [0.5, 0.6) is 0 Å². The topological polar surface area (TPSA) is 45.2 Å². The summed E-state index contributed by atoms with van der Waals surface area (Å²) in [6.45, 7) is 2.85. The van der Waals surface area contributed by atoms with Gasteiger partial charge in [-0.2, -0.15) is 0 Å². The van der Waals surface area contributed by atoms with Gasteiger partial charge in [0.25, 0.3) is 0 Å². The molecule has 1 amide bonds. The molecule has 1 atom stereocenters. The van der Waals surface area contributed by atoms with Crippen LogP contribution in [0.1, 0.15) is 29.3 Å². The van der Waals surface area contributed by atoms with Gasteiger partial charge in [-0.15, -0.1) is 11.3 Å². The van der Waals surface area contributed by atoms with Crippen molar-refractivity contribution >= 4 is 34.2 Å². The molecule has 1 unspecified atom stereocenters. The van der Waals surface area contributed by atoms with Crippen LogP contribution in [0.2, 0.25) is 0 Å². The number of carbonyl (C=O) groups excluding carboxylic acids is 1. The molecule has 1 aliphatic heterocycles. The van der Waals surface area contributed by atoms with E-state index in [4.69, 9.17) is 0 Å². The van der Waals surface area contributed by atoms with Crippen LogP contribution in [0.3, 0.4) is 0 Å². The van der Waals surface area contributed by atoms with Crippen molar-refractivity contribution in [3.8, 4) is 0 Å². The number of amides is 1. The molecule has 3 heterocycles. The number of hydrogen-bond acceptors (Lipinski definition) is 4. The third-order valence-electron chi connectivity index (χ3n) is 5.00. The first-order valence-corrected chi connectivity index (χ1v) is 10.3. The zero-order chi connectivity index (χ0) is 18.5. The monoisotopic (exact) mass is 377 g/mol. The minimum absolute atomic E-state index is 0.0660. The second kappa shape index (κ2) is 8.46. The van der Waals surface area contributed by atoms with E-state index in [1.165, 1.54) is 17.7 Å². The standard InChI is InChI=1S/C22H23N3OS/c26-21(11-10-18-7-3-6-17-8-4-12-23-22(17)18)24-16-19(20-9-5-15-27-20)25-13-1-2-14-25/h3-12,15,19H,1-2,13-14,16H2,(H,24,26)/b11-10+. The zero-order valence-corrected chi connectivity index (χ0v) is 16.0. The highest BCUT2D eigenvalue weighted by molar-refractivity contribution is 7.10. The number of aromatic nitrogens is 1. The molecule has 0 aliphatic carbocycles. The Balaban J connectivity index is 1.43. The fourth-order valence-electron chi connectivity index (χ4n) is 3.63. The van der Waals surface area contributed by atoms with Crippen LogP contribution in [0.15, 0.2) is 60.1 Å². The van der Waals surface area contributed by atoms with E-state index in [0.717, 1.165) is 29.6 Å². The van der Waals surface area contributed by atoms with Crippen molar-refractivity contribution in [3.63, 3.8) is 0 Å². The minimum Gasteiger partial charge on any atom is -0.351 e. The van der Waals surface area contributed by atoms with Crippen LogP contribution >= 0.6 is 11.3 Å². The summed E-state index contributed by atoms with van der Waals surface area (Å²) >= 11 is 1.76. The molecule has 2 aromatic heterocycles. The average Bonchev–Trinajstić information content (AvgIpc) is 3.41. The molecule has 4 nitrogen and oxygen atoms in total. The van der Waals surface area contributed by atoms with Gasteiger partial charge < -0.3 is 5.32 Å². The molecule has 4 rings (SSSR count). The normalized spacial score (nSPS) is 16.1. The molecule has 1 N–H and O–H groups in total. The summed E-state index contributed by atoms with van der Waals surface area (Å²) < 4.78 is 0. The average molecular weight is 378 g/mol. The Labute approximate surface area is 163 Å². The highest BCUT2D eigenvalue weighted by Gasteiger charge is 2.24. The van der Waals surface area contributed by atoms with Crippen molar-refractivity contribution in [2.75, 3.05) is 19.6 Å². The maximum Gasteiger partial charge on any atom is 0.244 e. The molecule has 0 spiro atoms. The summed E-state index contributed by atoms with van der Waals surface area (Å²) in [5, 5.41) is 6.27. The van der Waals surface area contributed by atoms with E-state index in [1.807, 2.05) is 36.4 Å². The Kier molecular flexibility index (Phi) is 5.61. The number of nitrogens with one attached hydrogen (secondary N) is 1. The van der Waals surface area contributed by atoms with Gasteiger partial charge in [0.2, 0.25) is 5.91 Å². The molecular formula is C22H23N3OS. The van der Waals surface area contributed by atoms with Gasteiger partial charge in [0, 0.05) is 34.6 Å². The molecule has 3 aromatic rings. The van der Waals surface area contributed by atoms with Gasteiger partial charge in [0.1, 0.15) is 0 Å². The van der Waals surface area contributed by atoms with E-state index in [2.05, 4.69) is 32.7 Å². The second-order valence-electron chi connectivity index (χ2n) is 6.78. The zero-order valence-electron chi connectivity index (χ0n) is 15.2. The largest absolute Gasteiger partial charge is 0.351 e. The molecule has 5 heteroatoms. The molecule has 1 aliphatic rings. The number of thiophene rings is 1. The SMILES string of the molecule is O=C(/C=C/c1cccc2cccnc12)NCC(c1cccs1)N1CCCC1. The van der Waals surface area contributed by atoms with E-state index >= 15 is 0 Å². The first-order valence-electron chi connectivity index (χ1n) is 9.38. The number of benzene rings is 1. The molecular weight excluding hydrogens is 354 g/mol. The summed E-state index contributed by atoms with van der Waals surface area (Å²) in [6.07, 6.45) is 7.72. The third kappa shape index (κ3) is 4.26. The fourth-order valence-corrected chi connectivity index (χ4v) is 4.49. The van der Waals surface area contributed by atoms with Crippen LogP contribution in [-0.4, -0.2) is 35.4 Å². The van der Waals surface area contributed by atoms with Gasteiger partial charge in [-0.3, -0.25) is 14.7 Å². The Hall–Kier alpha value is -2.50. The molecule has 0 saturated carbocycles. The predicted octanol–water partition coefficient (Wildman–Crippen LogP) is 4.26. The molecule has 0 bridgehead atoms. The van der Waals surface area contributed by atoms with E-state index in [1.54, 1.807) is 23.6 Å². The number of para-hydroxylation sites is 1. The fraction of sp³-hybridized carbons (Fsp3) is 0.273. The van der Waals surface area contributed by atoms with Crippen molar-refractivity contribution in [2.45, 2.75) is 18.9 Å². The number of nitrogens with zero attached hydrogens (tertiary/aromatic N) is 2. The first-order chi connectivity index (χ1) is 13.3. The minimum atomic E-state index is -0.0660. The molecule has 0 radical (unpaired) electrons. The Morgan fingerprint density at radius 1 is 1.19 bits per heavy atom. The third-order valence-corrected chi connectivity index (χ3v) is 5.97. The Morgan fingerprint density at radius 3 is 2.85 bits per heavy atom. The van der Waals surface area contributed by atoms with Crippen LogP contribution in [-0.2, 0) is 4.79 Å². The highest BCUT2D eigenvalue weighted by Crippen LogP contribution is 2.27. The lowest BCUT2D eigenvalue weighted by molar-refractivity contribution is -0.116. The molecule has 27 heavy (non-hydrogen) atoms. The quantitative estimate of drug-likeness (QED) is 0.653. The maximum absolute atomic E-state index is 12.4. The number of pyridine rings is 1. The lowest BCUT2D eigenvalue weighted by Crippen LogP contribution is -2.35. The van der Waals surface area contributed by atoms with Crippen LogP contribution in [0, 0.1) is 0 Å². The molecule has 1 saturated heterocycles. The summed E-state index contributed by atoms with van der Waals surface area (Å²) in [7, 11) is 0. The summed E-state index contributed by atoms with van der Waals surface area (Å²) in [5.41, 5.74) is 1.87. The Morgan fingerprint density at radius 2 is 2.04 bits per heavy atom. The molecule has 1 fully saturated rings. The lowest BCUT2D eigenvalue weighted by atomic mass is 10.1. The molecule has 1 aromatic carbocycles. The number of likely N-dealkylation sites (tertiary alicyclic amines) is 1. The smallest absolute Gasteiger partial charge is 0.244 e. The van der Waals surface area contributed by atoms with Gasteiger partial charge in [-0.05, 0) is 49.5 Å². The van der Waals surface area contributed by atoms with Crippen LogP contribution in [0.25, 0.3) is 17.0 Å². The highest BCUT2D eigenvalue weighted by atomic mass is 32.1. The number of hydrogen-bond donors (Lipinski definition) is 1. The van der Waals surface area contributed by atoms with Crippen LogP contribution in [0.4, 0.5) is 0 Å². The maximum atomic E-state index is 12.4. The summed E-state index contributed by atoms with van der Waals surface area (Å²) in [4.78, 5) is 20.6. The van der Waals surface area contributed by atoms with Crippen molar-refractivity contribution in [3.05, 3.63) is 70.6 Å². The Bertz CT molecular complexity index is 924. The van der Waals surface area contributed by atoms with Crippen molar-refractivity contribution in [1.29, 1.82) is 0 Å². The van der Waals surface area contributed by atoms with Crippen LogP contribution < -0.4 is 5.32 Å². The van der Waals surface area contributed by atoms with Gasteiger partial charge in [-0.25, -0.2) is 0 Å². The first kappa shape index (κ1) is 17.9. The van der Waals surface area contributed by atoms with E-state index in [9.17, 15) is 4.79 Å². The van der Waals surface area contributed by atoms with Gasteiger partial charge in [-0.1, -0.05) is 30.3 Å².